The molecule has 2 rings (SSSR count). The van der Waals surface area contributed by atoms with E-state index in [2.05, 4.69) is 17.3 Å². The van der Waals surface area contributed by atoms with E-state index in [4.69, 9.17) is 10.5 Å². The van der Waals surface area contributed by atoms with Crippen molar-refractivity contribution in [3.8, 4) is 0 Å². The SMILES string of the molecule is CCC1OCCC1CNC(=O)Cn1ccc(N)n1. The van der Waals surface area contributed by atoms with Crippen LogP contribution in [0, 0.1) is 5.92 Å². The number of nitrogen functional groups attached to an aromatic ring is 1. The Bertz CT molecular complexity index is 405. The van der Waals surface area contributed by atoms with Crippen molar-refractivity contribution < 1.29 is 9.53 Å². The molecule has 0 saturated carbocycles. The molecule has 3 N–H and O–H groups in total. The van der Waals surface area contributed by atoms with Gasteiger partial charge in [0, 0.05) is 25.3 Å². The van der Waals surface area contributed by atoms with Crippen LogP contribution in [-0.2, 0) is 16.1 Å². The maximum absolute atomic E-state index is 11.7. The quantitative estimate of drug-likeness (QED) is 0.794. The highest BCUT2D eigenvalue weighted by Crippen LogP contribution is 2.22. The Labute approximate surface area is 106 Å². The van der Waals surface area contributed by atoms with Gasteiger partial charge in [-0.05, 0) is 18.9 Å². The topological polar surface area (TPSA) is 82.2 Å². The van der Waals surface area contributed by atoms with Crippen molar-refractivity contribution in [3.63, 3.8) is 0 Å². The number of rotatable bonds is 5. The molecule has 1 aromatic rings. The van der Waals surface area contributed by atoms with Crippen molar-refractivity contribution in [1.29, 1.82) is 0 Å². The lowest BCUT2D eigenvalue weighted by Gasteiger charge is -2.17. The van der Waals surface area contributed by atoms with Crippen LogP contribution in [0.1, 0.15) is 19.8 Å². The Balaban J connectivity index is 1.74. The van der Waals surface area contributed by atoms with E-state index >= 15 is 0 Å². The fourth-order valence-electron chi connectivity index (χ4n) is 2.29. The molecule has 0 bridgehead atoms. The van der Waals surface area contributed by atoms with Crippen LogP contribution in [0.2, 0.25) is 0 Å². The summed E-state index contributed by atoms with van der Waals surface area (Å²) in [6.45, 7) is 3.79. The predicted molar refractivity (Wildman–Crippen MR) is 67.8 cm³/mol. The van der Waals surface area contributed by atoms with Crippen molar-refractivity contribution in [2.45, 2.75) is 32.4 Å². The maximum Gasteiger partial charge on any atom is 0.241 e. The lowest BCUT2D eigenvalue weighted by molar-refractivity contribution is -0.122. The molecule has 1 saturated heterocycles. The number of amides is 1. The largest absolute Gasteiger partial charge is 0.382 e. The van der Waals surface area contributed by atoms with Gasteiger partial charge in [0.2, 0.25) is 5.91 Å². The molecule has 2 unspecified atom stereocenters. The Morgan fingerprint density at radius 2 is 2.56 bits per heavy atom. The summed E-state index contributed by atoms with van der Waals surface area (Å²) in [6.07, 6.45) is 4.00. The summed E-state index contributed by atoms with van der Waals surface area (Å²) < 4.78 is 7.12. The molecule has 0 aromatic carbocycles. The first-order chi connectivity index (χ1) is 8.69. The first kappa shape index (κ1) is 12.9. The monoisotopic (exact) mass is 252 g/mol. The highest BCUT2D eigenvalue weighted by Gasteiger charge is 2.26. The van der Waals surface area contributed by atoms with E-state index in [1.165, 1.54) is 4.68 Å². The van der Waals surface area contributed by atoms with Gasteiger partial charge in [-0.15, -0.1) is 0 Å². The summed E-state index contributed by atoms with van der Waals surface area (Å²) in [6, 6.07) is 1.67. The maximum atomic E-state index is 11.7. The number of nitrogens with two attached hydrogens (primary N) is 1. The van der Waals surface area contributed by atoms with Gasteiger partial charge < -0.3 is 15.8 Å². The fourth-order valence-corrected chi connectivity index (χ4v) is 2.29. The van der Waals surface area contributed by atoms with E-state index in [1.54, 1.807) is 12.3 Å². The van der Waals surface area contributed by atoms with Gasteiger partial charge in [-0.2, -0.15) is 5.10 Å². The Morgan fingerprint density at radius 1 is 1.72 bits per heavy atom. The highest BCUT2D eigenvalue weighted by atomic mass is 16.5. The van der Waals surface area contributed by atoms with Gasteiger partial charge in [0.1, 0.15) is 12.4 Å². The second-order valence-corrected chi connectivity index (χ2v) is 4.61. The van der Waals surface area contributed by atoms with Gasteiger partial charge in [-0.25, -0.2) is 0 Å². The van der Waals surface area contributed by atoms with Crippen LogP contribution in [0.25, 0.3) is 0 Å². The predicted octanol–water partition coefficient (Wildman–Crippen LogP) is 0.397. The molecule has 2 heterocycles. The molecule has 1 amide bonds. The van der Waals surface area contributed by atoms with E-state index in [1.807, 2.05) is 0 Å². The third-order valence-electron chi connectivity index (χ3n) is 3.28. The van der Waals surface area contributed by atoms with Gasteiger partial charge in [-0.3, -0.25) is 9.48 Å². The molecular weight excluding hydrogens is 232 g/mol. The molecule has 18 heavy (non-hydrogen) atoms. The number of hydrogen-bond acceptors (Lipinski definition) is 4. The third kappa shape index (κ3) is 3.22. The lowest BCUT2D eigenvalue weighted by atomic mass is 10.00. The highest BCUT2D eigenvalue weighted by molar-refractivity contribution is 5.75. The molecule has 6 heteroatoms. The second kappa shape index (κ2) is 5.86. The van der Waals surface area contributed by atoms with Crippen LogP contribution < -0.4 is 11.1 Å². The van der Waals surface area contributed by atoms with E-state index < -0.39 is 0 Å². The van der Waals surface area contributed by atoms with Gasteiger partial charge >= 0.3 is 0 Å². The lowest BCUT2D eigenvalue weighted by Crippen LogP contribution is -2.34. The second-order valence-electron chi connectivity index (χ2n) is 4.61. The van der Waals surface area contributed by atoms with Crippen molar-refractivity contribution in [2.24, 2.45) is 5.92 Å². The minimum absolute atomic E-state index is 0.0418. The summed E-state index contributed by atoms with van der Waals surface area (Å²) in [5.74, 6) is 0.819. The summed E-state index contributed by atoms with van der Waals surface area (Å²) in [5, 5.41) is 6.90. The molecule has 1 fully saturated rings. The smallest absolute Gasteiger partial charge is 0.241 e. The average molecular weight is 252 g/mol. The number of nitrogens with zero attached hydrogens (tertiary/aromatic N) is 2. The van der Waals surface area contributed by atoms with E-state index in [-0.39, 0.29) is 18.6 Å². The number of carbonyl (C=O) groups is 1. The van der Waals surface area contributed by atoms with Crippen molar-refractivity contribution in [3.05, 3.63) is 12.3 Å². The normalized spacial score (nSPS) is 23.2. The van der Waals surface area contributed by atoms with Crippen LogP contribution in [0.15, 0.2) is 12.3 Å². The minimum atomic E-state index is -0.0418. The van der Waals surface area contributed by atoms with Crippen LogP contribution in [-0.4, -0.2) is 34.9 Å². The zero-order chi connectivity index (χ0) is 13.0. The summed E-state index contributed by atoms with van der Waals surface area (Å²) in [4.78, 5) is 11.7. The van der Waals surface area contributed by atoms with E-state index in [0.29, 0.717) is 18.3 Å². The molecule has 1 aliphatic heterocycles. The zero-order valence-corrected chi connectivity index (χ0v) is 10.6. The van der Waals surface area contributed by atoms with E-state index in [0.717, 1.165) is 19.4 Å². The zero-order valence-electron chi connectivity index (χ0n) is 10.6. The van der Waals surface area contributed by atoms with Gasteiger partial charge in [-0.1, -0.05) is 6.92 Å². The van der Waals surface area contributed by atoms with Crippen LogP contribution in [0.5, 0.6) is 0 Å². The van der Waals surface area contributed by atoms with Gasteiger partial charge in [0.15, 0.2) is 0 Å². The number of hydrogen-bond donors (Lipinski definition) is 2. The first-order valence-corrected chi connectivity index (χ1v) is 6.36. The number of carbonyl (C=O) groups excluding carboxylic acids is 1. The number of nitrogens with one attached hydrogen (secondary N) is 1. The third-order valence-corrected chi connectivity index (χ3v) is 3.28. The molecule has 0 spiro atoms. The Hall–Kier alpha value is -1.56. The van der Waals surface area contributed by atoms with Crippen LogP contribution >= 0.6 is 0 Å². The molecule has 100 valence electrons. The molecule has 1 aliphatic rings. The summed E-state index contributed by atoms with van der Waals surface area (Å²) >= 11 is 0. The minimum Gasteiger partial charge on any atom is -0.382 e. The number of aromatic nitrogens is 2. The molecular formula is C12H20N4O2. The molecule has 1 aromatic heterocycles. The summed E-state index contributed by atoms with van der Waals surface area (Å²) in [5.41, 5.74) is 5.48. The summed E-state index contributed by atoms with van der Waals surface area (Å²) in [7, 11) is 0. The van der Waals surface area contributed by atoms with Crippen molar-refractivity contribution in [1.82, 2.24) is 15.1 Å². The van der Waals surface area contributed by atoms with E-state index in [9.17, 15) is 4.79 Å². The molecule has 0 aliphatic carbocycles. The van der Waals surface area contributed by atoms with Gasteiger partial charge in [0.05, 0.1) is 6.10 Å². The first-order valence-electron chi connectivity index (χ1n) is 6.36. The molecule has 2 atom stereocenters. The number of ether oxygens (including phenoxy) is 1. The Morgan fingerprint density at radius 3 is 3.22 bits per heavy atom. The molecule has 0 radical (unpaired) electrons. The van der Waals surface area contributed by atoms with Crippen LogP contribution in [0.3, 0.4) is 0 Å². The van der Waals surface area contributed by atoms with Gasteiger partial charge in [0.25, 0.3) is 0 Å². The van der Waals surface area contributed by atoms with Crippen LogP contribution in [0.4, 0.5) is 5.82 Å². The molecule has 6 nitrogen and oxygen atoms in total. The average Bonchev–Trinajstić information content (AvgIpc) is 2.95. The number of anilines is 1. The standard InChI is InChI=1S/C12H20N4O2/c1-2-10-9(4-6-18-10)7-14-12(17)8-16-5-3-11(13)15-16/h3,5,9-10H,2,4,6-8H2,1H3,(H2,13,15)(H,14,17). The van der Waals surface area contributed by atoms with Crippen molar-refractivity contribution >= 4 is 11.7 Å². The fraction of sp³-hybridized carbons (Fsp3) is 0.667. The Kier molecular flexibility index (Phi) is 4.19. The van der Waals surface area contributed by atoms with Crippen molar-refractivity contribution in [2.75, 3.05) is 18.9 Å².